The Hall–Kier alpha value is -1.09. The number of hydrogen-bond donors (Lipinski definition) is 0. The van der Waals surface area contributed by atoms with Crippen LogP contribution in [0.3, 0.4) is 0 Å². The number of nitrogens with zero attached hydrogens (tertiary/aromatic N) is 2. The van der Waals surface area contributed by atoms with Gasteiger partial charge in [0.15, 0.2) is 0 Å². The molecule has 1 atom stereocenters. The lowest BCUT2D eigenvalue weighted by Gasteiger charge is -2.13. The van der Waals surface area contributed by atoms with E-state index >= 15 is 0 Å². The van der Waals surface area contributed by atoms with E-state index in [1.54, 1.807) is 0 Å². The van der Waals surface area contributed by atoms with Crippen LogP contribution < -0.4 is 0 Å². The second kappa shape index (κ2) is 4.65. The molecule has 0 aliphatic carbocycles. The topological polar surface area (TPSA) is 93.1 Å². The Kier molecular flexibility index (Phi) is 4.35. The average molecular weight is 310 g/mol. The first-order valence-corrected chi connectivity index (χ1v) is 5.84. The largest absolute Gasteiger partial charge is 0.515 e. The summed E-state index contributed by atoms with van der Waals surface area (Å²) in [6.45, 7) is 0. The lowest BCUT2D eigenvalue weighted by molar-refractivity contribution is -0.0531. The first-order chi connectivity index (χ1) is 7.45. The van der Waals surface area contributed by atoms with Gasteiger partial charge in [0, 0.05) is 4.53 Å². The summed E-state index contributed by atoms with van der Waals surface area (Å²) in [5.41, 5.74) is -6.36. The standard InChI is InChI=1S/C2F6N2O5S2/c3-2(4,5)17(13,14)10(7)16(12,9-6)1(11)15-8. The van der Waals surface area contributed by atoms with Crippen molar-refractivity contribution >= 4 is 25.2 Å². The molecule has 0 bridgehead atoms. The van der Waals surface area contributed by atoms with Crippen LogP contribution in [-0.2, 0) is 24.9 Å². The summed E-state index contributed by atoms with van der Waals surface area (Å²) in [4.78, 5) is 12.1. The third-order valence-electron chi connectivity index (χ3n) is 1.05. The molecule has 0 heterocycles. The van der Waals surface area contributed by atoms with Gasteiger partial charge in [0.05, 0.1) is 3.93 Å². The van der Waals surface area contributed by atoms with Gasteiger partial charge in [-0.2, -0.15) is 21.6 Å². The molecule has 0 aromatic rings. The van der Waals surface area contributed by atoms with Crippen molar-refractivity contribution in [2.45, 2.75) is 5.51 Å². The molecule has 17 heavy (non-hydrogen) atoms. The minimum absolute atomic E-state index is 0.755. The number of rotatable bonds is 2. The average Bonchev–Trinajstić information content (AvgIpc) is 2.24. The molecule has 15 heteroatoms. The van der Waals surface area contributed by atoms with Crippen LogP contribution in [0.2, 0.25) is 0 Å². The first-order valence-electron chi connectivity index (χ1n) is 2.92. The maximum atomic E-state index is 12.6. The molecular weight excluding hydrogens is 310 g/mol. The lowest BCUT2D eigenvalue weighted by Crippen LogP contribution is -2.41. The Bertz CT molecular complexity index is 515. The highest BCUT2D eigenvalue weighted by molar-refractivity contribution is 8.13. The van der Waals surface area contributed by atoms with E-state index in [4.69, 9.17) is 0 Å². The molecule has 0 aromatic carbocycles. The number of carbonyl (C=O) groups is 1. The smallest absolute Gasteiger partial charge is 0.237 e. The Labute approximate surface area is 89.1 Å². The Morgan fingerprint density at radius 2 is 1.65 bits per heavy atom. The van der Waals surface area contributed by atoms with Crippen LogP contribution in [0.1, 0.15) is 0 Å². The van der Waals surface area contributed by atoms with E-state index in [1.165, 1.54) is 0 Å². The molecule has 0 fully saturated rings. The number of alkyl halides is 3. The molecule has 0 saturated carbocycles. The minimum Gasteiger partial charge on any atom is -0.237 e. The van der Waals surface area contributed by atoms with Crippen molar-refractivity contribution in [2.24, 2.45) is 4.58 Å². The van der Waals surface area contributed by atoms with Gasteiger partial charge >= 0.3 is 20.8 Å². The summed E-state index contributed by atoms with van der Waals surface area (Å²) < 4.78 is 99.8. The predicted octanol–water partition coefficient (Wildman–Crippen LogP) is 1.31. The van der Waals surface area contributed by atoms with E-state index in [-0.39, 0.29) is 0 Å². The lowest BCUT2D eigenvalue weighted by atomic mass is 11.6. The fourth-order valence-corrected chi connectivity index (χ4v) is 2.41. The van der Waals surface area contributed by atoms with Crippen LogP contribution in [0.5, 0.6) is 0 Å². The van der Waals surface area contributed by atoms with Gasteiger partial charge in [0.1, 0.15) is 0 Å². The molecule has 7 nitrogen and oxygen atoms in total. The Morgan fingerprint density at radius 3 is 1.88 bits per heavy atom. The fourth-order valence-electron chi connectivity index (χ4n) is 0.366. The zero-order valence-electron chi connectivity index (χ0n) is 7.02. The van der Waals surface area contributed by atoms with E-state index in [0.717, 1.165) is 4.58 Å². The summed E-state index contributed by atoms with van der Waals surface area (Å²) in [6, 6.07) is 0. The van der Waals surface area contributed by atoms with Gasteiger partial charge in [-0.15, -0.1) is 4.48 Å². The van der Waals surface area contributed by atoms with Crippen LogP contribution in [-0.4, -0.2) is 27.4 Å². The minimum atomic E-state index is -7.01. The number of halogens is 6. The van der Waals surface area contributed by atoms with Crippen LogP contribution in [0.15, 0.2) is 4.58 Å². The molecule has 0 spiro atoms. The highest BCUT2D eigenvalue weighted by Crippen LogP contribution is 2.30. The second-order valence-corrected chi connectivity index (χ2v) is 5.78. The van der Waals surface area contributed by atoms with Gasteiger partial charge in [-0.25, -0.2) is 13.9 Å². The van der Waals surface area contributed by atoms with Gasteiger partial charge < -0.3 is 0 Å². The van der Waals surface area contributed by atoms with E-state index < -0.39 is 34.7 Å². The molecule has 0 radical (unpaired) electrons. The summed E-state index contributed by atoms with van der Waals surface area (Å²) in [5, 5.41) is -3.10. The van der Waals surface area contributed by atoms with Crippen molar-refractivity contribution in [3.8, 4) is 0 Å². The summed E-state index contributed by atoms with van der Waals surface area (Å²) in [6.07, 6.45) is 0. The molecule has 0 N–H and O–H groups in total. The van der Waals surface area contributed by atoms with Gasteiger partial charge in [0.2, 0.25) is 0 Å². The summed E-state index contributed by atoms with van der Waals surface area (Å²) in [7, 11) is -13.2. The quantitative estimate of drug-likeness (QED) is 0.566. The van der Waals surface area contributed by atoms with Crippen molar-refractivity contribution < 1.29 is 49.0 Å². The molecule has 102 valence electrons. The van der Waals surface area contributed by atoms with Gasteiger partial charge in [-0.05, 0) is 4.58 Å². The summed E-state index contributed by atoms with van der Waals surface area (Å²) in [5.74, 6) is 0. The number of sulfonamides is 1. The first kappa shape index (κ1) is 15.9. The number of hydrogen-bond acceptors (Lipinski definition) is 6. The zero-order chi connectivity index (χ0) is 14.1. The van der Waals surface area contributed by atoms with Gasteiger partial charge in [-0.3, -0.25) is 0 Å². The van der Waals surface area contributed by atoms with E-state index in [2.05, 4.69) is 0 Å². The maximum absolute atomic E-state index is 12.6. The monoisotopic (exact) mass is 310 g/mol. The maximum Gasteiger partial charge on any atom is 0.515 e. The summed E-state index contributed by atoms with van der Waals surface area (Å²) >= 11 is 0. The zero-order valence-corrected chi connectivity index (χ0v) is 8.65. The Balaban J connectivity index is 5.87. The SMILES string of the molecule is O=C(OF)S(=O)(=NF)N(F)S(=O)(=O)C(F)(F)F. The third kappa shape index (κ3) is 2.60. The Morgan fingerprint density at radius 1 is 1.24 bits per heavy atom. The van der Waals surface area contributed by atoms with Crippen molar-refractivity contribution in [3.05, 3.63) is 0 Å². The fraction of sp³-hybridized carbons (Fsp3) is 0.500. The normalized spacial score (nSPS) is 16.4. The van der Waals surface area contributed by atoms with E-state index in [0.29, 0.717) is 0 Å². The molecule has 0 aliphatic heterocycles. The molecule has 0 amide bonds. The molecule has 0 saturated heterocycles. The highest BCUT2D eigenvalue weighted by atomic mass is 32.3. The molecule has 1 unspecified atom stereocenters. The predicted molar refractivity (Wildman–Crippen MR) is 37.2 cm³/mol. The van der Waals surface area contributed by atoms with Crippen LogP contribution in [0.25, 0.3) is 0 Å². The van der Waals surface area contributed by atoms with Crippen molar-refractivity contribution in [1.29, 1.82) is 0 Å². The third-order valence-corrected chi connectivity index (χ3v) is 4.28. The van der Waals surface area contributed by atoms with Crippen molar-refractivity contribution in [1.82, 2.24) is 3.93 Å². The molecule has 0 aromatic heterocycles. The molecule has 0 rings (SSSR count). The van der Waals surface area contributed by atoms with Crippen LogP contribution >= 0.6 is 0 Å². The van der Waals surface area contributed by atoms with Gasteiger partial charge in [-0.1, -0.05) is 4.48 Å². The second-order valence-electron chi connectivity index (χ2n) is 2.03. The van der Waals surface area contributed by atoms with Gasteiger partial charge in [0.25, 0.3) is 9.92 Å². The van der Waals surface area contributed by atoms with Crippen molar-refractivity contribution in [3.63, 3.8) is 0 Å². The van der Waals surface area contributed by atoms with Crippen LogP contribution in [0, 0.1) is 0 Å². The van der Waals surface area contributed by atoms with Crippen LogP contribution in [0.4, 0.5) is 31.5 Å². The van der Waals surface area contributed by atoms with E-state index in [9.17, 15) is 44.1 Å². The van der Waals surface area contributed by atoms with Crippen molar-refractivity contribution in [2.75, 3.05) is 0 Å². The highest BCUT2D eigenvalue weighted by Gasteiger charge is 2.57. The van der Waals surface area contributed by atoms with E-state index in [1.807, 2.05) is 4.94 Å². The molecule has 0 aliphatic rings. The number of carbonyl (C=O) groups excluding carboxylic acids is 1. The molecular formula is C2F6N2O5S2.